The van der Waals surface area contributed by atoms with Crippen molar-refractivity contribution in [2.45, 2.75) is 64.6 Å². The molecule has 0 aromatic heterocycles. The number of ether oxygens (including phenoxy) is 2. The molecule has 0 saturated heterocycles. The fraction of sp³-hybridized carbons (Fsp3) is 0.765. The molecule has 0 bridgehead atoms. The summed E-state index contributed by atoms with van der Waals surface area (Å²) in [5.41, 5.74) is -3.73. The number of aliphatic hydroxyl groups excluding tert-OH is 2. The molecule has 27 heavy (non-hydrogen) atoms. The van der Waals surface area contributed by atoms with Crippen LogP contribution in [0, 0.1) is 5.41 Å². The van der Waals surface area contributed by atoms with Gasteiger partial charge in [0.25, 0.3) is 0 Å². The first-order valence-corrected chi connectivity index (χ1v) is 8.65. The van der Waals surface area contributed by atoms with E-state index in [0.29, 0.717) is 19.3 Å². The number of carboxylic acids is 1. The van der Waals surface area contributed by atoms with Gasteiger partial charge in [-0.1, -0.05) is 20.8 Å². The summed E-state index contributed by atoms with van der Waals surface area (Å²) in [5, 5.41) is 37.0. The molecule has 0 heterocycles. The highest BCUT2D eigenvalue weighted by molar-refractivity contribution is 5.93. The number of carbonyl (C=O) groups excluding carboxylic acids is 3. The number of aliphatic hydroxyl groups is 3. The van der Waals surface area contributed by atoms with Crippen molar-refractivity contribution in [3.8, 4) is 0 Å². The van der Waals surface area contributed by atoms with Crippen LogP contribution in [-0.2, 0) is 28.7 Å². The van der Waals surface area contributed by atoms with Crippen molar-refractivity contribution in [3.63, 3.8) is 0 Å². The summed E-state index contributed by atoms with van der Waals surface area (Å²) >= 11 is 0. The molecule has 0 aromatic carbocycles. The number of hydrogen-bond donors (Lipinski definition) is 4. The molecule has 0 aliphatic carbocycles. The molecule has 0 radical (unpaired) electrons. The van der Waals surface area contributed by atoms with Gasteiger partial charge in [-0.2, -0.15) is 0 Å². The molecule has 156 valence electrons. The van der Waals surface area contributed by atoms with Crippen molar-refractivity contribution in [2.24, 2.45) is 5.41 Å². The van der Waals surface area contributed by atoms with Crippen LogP contribution in [-0.4, -0.2) is 69.2 Å². The van der Waals surface area contributed by atoms with E-state index >= 15 is 0 Å². The minimum atomic E-state index is -2.84. The van der Waals surface area contributed by atoms with Gasteiger partial charge in [0.2, 0.25) is 0 Å². The third-order valence-corrected chi connectivity index (χ3v) is 4.59. The Morgan fingerprint density at radius 2 is 1.44 bits per heavy atom. The number of carbonyl (C=O) groups is 4. The van der Waals surface area contributed by atoms with Crippen molar-refractivity contribution < 1.29 is 49.1 Å². The Morgan fingerprint density at radius 3 is 1.85 bits per heavy atom. The first-order valence-electron chi connectivity index (χ1n) is 8.65. The van der Waals surface area contributed by atoms with Crippen molar-refractivity contribution in [1.82, 2.24) is 0 Å². The van der Waals surface area contributed by atoms with Gasteiger partial charge in [-0.25, -0.2) is 4.79 Å². The molecule has 0 aliphatic heterocycles. The third-order valence-electron chi connectivity index (χ3n) is 4.59. The van der Waals surface area contributed by atoms with E-state index in [4.69, 9.17) is 20.1 Å². The monoisotopic (exact) mass is 392 g/mol. The zero-order chi connectivity index (χ0) is 21.3. The normalized spacial score (nSPS) is 14.7. The molecule has 0 amide bonds. The first kappa shape index (κ1) is 25.0. The van der Waals surface area contributed by atoms with Crippen LogP contribution >= 0.6 is 0 Å². The lowest BCUT2D eigenvalue weighted by atomic mass is 9.80. The molecule has 0 aliphatic rings. The summed E-state index contributed by atoms with van der Waals surface area (Å²) in [7, 11) is 0. The van der Waals surface area contributed by atoms with E-state index in [2.05, 4.69) is 4.74 Å². The second-order valence-electron chi connectivity index (χ2n) is 6.31. The van der Waals surface area contributed by atoms with Crippen LogP contribution in [0.25, 0.3) is 0 Å². The van der Waals surface area contributed by atoms with Gasteiger partial charge < -0.3 is 29.9 Å². The summed E-state index contributed by atoms with van der Waals surface area (Å²) in [6.45, 7) is 3.97. The van der Waals surface area contributed by atoms with E-state index in [1.54, 1.807) is 20.8 Å². The van der Waals surface area contributed by atoms with Gasteiger partial charge >= 0.3 is 23.9 Å². The topological polar surface area (TPSA) is 168 Å². The molecule has 0 aromatic rings. The van der Waals surface area contributed by atoms with Crippen LogP contribution in [0.5, 0.6) is 0 Å². The summed E-state index contributed by atoms with van der Waals surface area (Å²) in [5.74, 6) is -5.19. The summed E-state index contributed by atoms with van der Waals surface area (Å²) in [6, 6.07) is 0. The quantitative estimate of drug-likeness (QED) is 0.257. The minimum Gasteiger partial charge on any atom is -0.479 e. The molecule has 2 unspecified atom stereocenters. The largest absolute Gasteiger partial charge is 0.479 e. The Hall–Kier alpha value is -2.04. The smallest absolute Gasteiger partial charge is 0.336 e. The highest BCUT2D eigenvalue weighted by atomic mass is 16.6. The van der Waals surface area contributed by atoms with Crippen LogP contribution < -0.4 is 0 Å². The summed E-state index contributed by atoms with van der Waals surface area (Å²) in [6.07, 6.45) is -2.37. The Bertz CT molecular complexity index is 532. The lowest BCUT2D eigenvalue weighted by Crippen LogP contribution is -2.44. The zero-order valence-electron chi connectivity index (χ0n) is 15.8. The molecular weight excluding hydrogens is 364 g/mol. The van der Waals surface area contributed by atoms with E-state index in [1.165, 1.54) is 0 Å². The predicted molar refractivity (Wildman–Crippen MR) is 90.3 cm³/mol. The molecule has 0 fully saturated rings. The van der Waals surface area contributed by atoms with Crippen LogP contribution in [0.2, 0.25) is 0 Å². The van der Waals surface area contributed by atoms with Crippen LogP contribution in [0.1, 0.15) is 52.9 Å². The molecule has 0 saturated carbocycles. The Morgan fingerprint density at radius 1 is 0.963 bits per heavy atom. The SMILES string of the molecule is CCC(CC)(CC)C(=O)OC(=O)CC(O)(CC(=O)OCC(O)CO)C(=O)O. The van der Waals surface area contributed by atoms with Crippen LogP contribution in [0.15, 0.2) is 0 Å². The maximum Gasteiger partial charge on any atom is 0.336 e. The van der Waals surface area contributed by atoms with E-state index < -0.39 is 67.1 Å². The van der Waals surface area contributed by atoms with E-state index in [0.717, 1.165) is 0 Å². The Balaban J connectivity index is 5.02. The second kappa shape index (κ2) is 11.0. The average Bonchev–Trinajstić information content (AvgIpc) is 2.61. The summed E-state index contributed by atoms with van der Waals surface area (Å²) < 4.78 is 9.22. The number of esters is 3. The lowest BCUT2D eigenvalue weighted by molar-refractivity contribution is -0.179. The van der Waals surface area contributed by atoms with Crippen LogP contribution in [0.3, 0.4) is 0 Å². The predicted octanol–water partition coefficient (Wildman–Crippen LogP) is -0.235. The third kappa shape index (κ3) is 7.24. The van der Waals surface area contributed by atoms with Crippen molar-refractivity contribution >= 4 is 23.9 Å². The van der Waals surface area contributed by atoms with Crippen molar-refractivity contribution in [2.75, 3.05) is 13.2 Å². The standard InChI is InChI=1S/C17H28O10/c1-4-16(5-2,6-3)15(24)27-13(21)8-17(25,14(22)23)7-12(20)26-10-11(19)9-18/h11,18-19,25H,4-10H2,1-3H3,(H,22,23). The van der Waals surface area contributed by atoms with Crippen molar-refractivity contribution in [1.29, 1.82) is 0 Å². The minimum absolute atomic E-state index is 0.412. The van der Waals surface area contributed by atoms with Crippen molar-refractivity contribution in [3.05, 3.63) is 0 Å². The fourth-order valence-electron chi connectivity index (χ4n) is 2.41. The number of rotatable bonds is 12. The molecular formula is C17H28O10. The van der Waals surface area contributed by atoms with Gasteiger partial charge in [0.15, 0.2) is 5.60 Å². The van der Waals surface area contributed by atoms with Crippen LogP contribution in [0.4, 0.5) is 0 Å². The molecule has 0 rings (SSSR count). The van der Waals surface area contributed by atoms with Gasteiger partial charge in [-0.05, 0) is 19.3 Å². The van der Waals surface area contributed by atoms with Gasteiger partial charge in [-0.15, -0.1) is 0 Å². The lowest BCUT2D eigenvalue weighted by Gasteiger charge is -2.28. The number of aliphatic carboxylic acids is 1. The second-order valence-corrected chi connectivity index (χ2v) is 6.31. The Labute approximate surface area is 157 Å². The number of carboxylic acid groups (broad SMARTS) is 1. The average molecular weight is 392 g/mol. The highest BCUT2D eigenvalue weighted by Gasteiger charge is 2.44. The molecule has 0 spiro atoms. The Kier molecular flexibility index (Phi) is 10.1. The first-order chi connectivity index (χ1) is 12.5. The maximum atomic E-state index is 12.2. The maximum absolute atomic E-state index is 12.2. The van der Waals surface area contributed by atoms with Gasteiger partial charge in [0.05, 0.1) is 24.9 Å². The van der Waals surface area contributed by atoms with E-state index in [1.807, 2.05) is 0 Å². The van der Waals surface area contributed by atoms with E-state index in [-0.39, 0.29) is 0 Å². The zero-order valence-corrected chi connectivity index (χ0v) is 15.8. The molecule has 10 heteroatoms. The molecule has 2 atom stereocenters. The number of hydrogen-bond acceptors (Lipinski definition) is 9. The van der Waals surface area contributed by atoms with E-state index in [9.17, 15) is 24.3 Å². The molecule has 4 N–H and O–H groups in total. The summed E-state index contributed by atoms with van der Waals surface area (Å²) in [4.78, 5) is 47.1. The van der Waals surface area contributed by atoms with Gasteiger partial charge in [0, 0.05) is 0 Å². The van der Waals surface area contributed by atoms with Gasteiger partial charge in [0.1, 0.15) is 12.7 Å². The molecule has 10 nitrogen and oxygen atoms in total. The van der Waals surface area contributed by atoms with Gasteiger partial charge in [-0.3, -0.25) is 14.4 Å². The highest BCUT2D eigenvalue weighted by Crippen LogP contribution is 2.32. The fourth-order valence-corrected chi connectivity index (χ4v) is 2.41.